The van der Waals surface area contributed by atoms with E-state index in [4.69, 9.17) is 27.8 Å². The van der Waals surface area contributed by atoms with Gasteiger partial charge in [-0.15, -0.1) is 3.89 Å². The molecule has 0 radical (unpaired) electrons. The summed E-state index contributed by atoms with van der Waals surface area (Å²) in [4.78, 5) is 20.3. The van der Waals surface area contributed by atoms with Crippen LogP contribution in [0.4, 0.5) is 21.3 Å². The molecular formula is C24H19ClFN5O4S. The maximum Gasteiger partial charge on any atom is 0.332 e. The first-order valence-electron chi connectivity index (χ1n) is 10.4. The van der Waals surface area contributed by atoms with Crippen LogP contribution < -0.4 is 21.5 Å². The molecule has 3 aromatic carbocycles. The van der Waals surface area contributed by atoms with E-state index in [1.165, 1.54) is 12.1 Å². The monoisotopic (exact) mass is 527 g/mol. The number of halogens is 2. The van der Waals surface area contributed by atoms with Gasteiger partial charge in [-0.25, -0.2) is 4.98 Å². The molecule has 0 saturated heterocycles. The zero-order valence-corrected chi connectivity index (χ0v) is 20.1. The number of hydrogen-bond acceptors (Lipinski definition) is 8. The molecule has 0 aliphatic rings. The fourth-order valence-electron chi connectivity index (χ4n) is 3.39. The first-order chi connectivity index (χ1) is 17.1. The van der Waals surface area contributed by atoms with E-state index in [1.54, 1.807) is 48.5 Å². The molecule has 0 aliphatic heterocycles. The van der Waals surface area contributed by atoms with Gasteiger partial charge in [0.15, 0.2) is 0 Å². The normalized spacial score (nSPS) is 11.2. The van der Waals surface area contributed by atoms with E-state index in [-0.39, 0.29) is 23.9 Å². The van der Waals surface area contributed by atoms with Gasteiger partial charge in [-0.05, 0) is 48.0 Å². The Morgan fingerprint density at radius 2 is 1.72 bits per heavy atom. The van der Waals surface area contributed by atoms with Crippen LogP contribution in [-0.4, -0.2) is 24.3 Å². The van der Waals surface area contributed by atoms with E-state index in [1.807, 2.05) is 0 Å². The van der Waals surface area contributed by atoms with Gasteiger partial charge in [0, 0.05) is 27.9 Å². The molecule has 0 saturated carbocycles. The molecule has 0 unspecified atom stereocenters. The van der Waals surface area contributed by atoms with Crippen molar-refractivity contribution in [3.63, 3.8) is 0 Å². The number of nitrogens with one attached hydrogen (secondary N) is 1. The molecule has 0 aliphatic carbocycles. The van der Waals surface area contributed by atoms with Crippen molar-refractivity contribution in [2.45, 2.75) is 11.5 Å². The Balaban J connectivity index is 1.53. The fourth-order valence-corrected chi connectivity index (χ4v) is 4.02. The molecule has 0 spiro atoms. The number of amides is 1. The van der Waals surface area contributed by atoms with E-state index in [2.05, 4.69) is 15.3 Å². The largest absolute Gasteiger partial charge is 0.487 e. The summed E-state index contributed by atoms with van der Waals surface area (Å²) >= 11 is 5.98. The van der Waals surface area contributed by atoms with E-state index < -0.39 is 21.0 Å². The second-order valence-corrected chi connectivity index (χ2v) is 9.32. The standard InChI is InChI=1S/C24H19ClFN5O4S/c25-16-9-7-14(8-10-16)21-20(30-24(28)31-22(21)27)13-35-18-5-2-4-17(12-18)29-23(32)15-3-1-6-19(11-15)36(26,33)34/h1-12H,13H2,(H,29,32)(H4,27,28,30,31). The van der Waals surface area contributed by atoms with Gasteiger partial charge in [0.1, 0.15) is 18.2 Å². The summed E-state index contributed by atoms with van der Waals surface area (Å²) in [5.74, 6) is -0.0611. The van der Waals surface area contributed by atoms with Crippen LogP contribution in [-0.2, 0) is 16.8 Å². The summed E-state index contributed by atoms with van der Waals surface area (Å²) in [6.07, 6.45) is 0. The number of hydrogen-bond donors (Lipinski definition) is 3. The highest BCUT2D eigenvalue weighted by Gasteiger charge is 2.16. The average Bonchev–Trinajstić information content (AvgIpc) is 2.83. The minimum absolute atomic E-state index is 0.0112. The Hall–Kier alpha value is -4.22. The van der Waals surface area contributed by atoms with Crippen molar-refractivity contribution in [3.05, 3.63) is 89.1 Å². The van der Waals surface area contributed by atoms with Gasteiger partial charge < -0.3 is 21.5 Å². The summed E-state index contributed by atoms with van der Waals surface area (Å²) in [5, 5.41) is 3.18. The highest BCUT2D eigenvalue weighted by molar-refractivity contribution is 7.86. The molecule has 4 rings (SSSR count). The number of carbonyl (C=O) groups is 1. The van der Waals surface area contributed by atoms with Gasteiger partial charge in [0.05, 0.1) is 10.6 Å². The average molecular weight is 528 g/mol. The summed E-state index contributed by atoms with van der Waals surface area (Å²) in [7, 11) is -4.94. The molecular weight excluding hydrogens is 509 g/mol. The zero-order valence-electron chi connectivity index (χ0n) is 18.5. The van der Waals surface area contributed by atoms with Crippen LogP contribution in [0.2, 0.25) is 5.02 Å². The Bertz CT molecular complexity index is 1550. The Labute approximate surface area is 211 Å². The van der Waals surface area contributed by atoms with Crippen molar-refractivity contribution in [1.82, 2.24) is 9.97 Å². The van der Waals surface area contributed by atoms with Gasteiger partial charge in [0.2, 0.25) is 5.95 Å². The van der Waals surface area contributed by atoms with Crippen molar-refractivity contribution in [1.29, 1.82) is 0 Å². The number of anilines is 3. The van der Waals surface area contributed by atoms with Crippen LogP contribution in [0.1, 0.15) is 16.1 Å². The minimum atomic E-state index is -4.94. The van der Waals surface area contributed by atoms with Crippen molar-refractivity contribution in [2.24, 2.45) is 0 Å². The minimum Gasteiger partial charge on any atom is -0.487 e. The number of ether oxygens (including phenoxy) is 1. The lowest BCUT2D eigenvalue weighted by molar-refractivity contribution is 0.102. The van der Waals surface area contributed by atoms with E-state index in [9.17, 15) is 17.1 Å². The van der Waals surface area contributed by atoms with E-state index in [0.29, 0.717) is 27.7 Å². The number of aromatic nitrogens is 2. The topological polar surface area (TPSA) is 150 Å². The predicted octanol–water partition coefficient (Wildman–Crippen LogP) is 4.45. The third kappa shape index (κ3) is 5.88. The van der Waals surface area contributed by atoms with Crippen molar-refractivity contribution in [3.8, 4) is 16.9 Å². The Kier molecular flexibility index (Phi) is 7.04. The molecule has 1 aromatic heterocycles. The second-order valence-electron chi connectivity index (χ2n) is 7.53. The molecule has 5 N–H and O–H groups in total. The smallest absolute Gasteiger partial charge is 0.332 e. The maximum absolute atomic E-state index is 13.3. The first kappa shape index (κ1) is 24.9. The molecule has 1 amide bonds. The Morgan fingerprint density at radius 3 is 2.44 bits per heavy atom. The first-order valence-corrected chi connectivity index (χ1v) is 12.1. The van der Waals surface area contributed by atoms with E-state index >= 15 is 0 Å². The van der Waals surface area contributed by atoms with Gasteiger partial charge in [-0.3, -0.25) is 4.79 Å². The quantitative estimate of drug-likeness (QED) is 0.298. The predicted molar refractivity (Wildman–Crippen MR) is 135 cm³/mol. The number of carbonyl (C=O) groups excluding carboxylic acids is 1. The summed E-state index contributed by atoms with van der Waals surface area (Å²) < 4.78 is 41.4. The molecule has 0 fully saturated rings. The summed E-state index contributed by atoms with van der Waals surface area (Å²) in [6, 6.07) is 18.1. The van der Waals surface area contributed by atoms with Gasteiger partial charge in [-0.1, -0.05) is 35.9 Å². The molecule has 4 aromatic rings. The lowest BCUT2D eigenvalue weighted by Crippen LogP contribution is -2.12. The zero-order chi connectivity index (χ0) is 25.9. The number of nitrogens with zero attached hydrogens (tertiary/aromatic N) is 2. The van der Waals surface area contributed by atoms with Gasteiger partial charge >= 0.3 is 10.2 Å². The van der Waals surface area contributed by atoms with Gasteiger partial charge in [-0.2, -0.15) is 13.4 Å². The SMILES string of the molecule is Nc1nc(N)c(-c2ccc(Cl)cc2)c(COc2cccc(NC(=O)c3cccc(S(=O)(=O)F)c3)c2)n1. The summed E-state index contributed by atoms with van der Waals surface area (Å²) in [6.45, 7) is -0.0112. The maximum atomic E-state index is 13.3. The van der Waals surface area contributed by atoms with Crippen LogP contribution >= 0.6 is 11.6 Å². The summed E-state index contributed by atoms with van der Waals surface area (Å²) in [5.41, 5.74) is 14.0. The molecule has 36 heavy (non-hydrogen) atoms. The Morgan fingerprint density at radius 1 is 1.00 bits per heavy atom. The number of nitrogens with two attached hydrogens (primary N) is 2. The number of rotatable bonds is 7. The highest BCUT2D eigenvalue weighted by Crippen LogP contribution is 2.30. The second kappa shape index (κ2) is 10.2. The number of nitrogen functional groups attached to an aromatic ring is 2. The number of benzene rings is 3. The molecule has 9 nitrogen and oxygen atoms in total. The highest BCUT2D eigenvalue weighted by atomic mass is 35.5. The van der Waals surface area contributed by atoms with Crippen LogP contribution in [0.25, 0.3) is 11.1 Å². The molecule has 0 bridgehead atoms. The third-order valence-electron chi connectivity index (χ3n) is 5.01. The molecule has 12 heteroatoms. The third-order valence-corrected chi connectivity index (χ3v) is 6.08. The molecule has 0 atom stereocenters. The lowest BCUT2D eigenvalue weighted by Gasteiger charge is -2.14. The van der Waals surface area contributed by atoms with Crippen LogP contribution in [0.3, 0.4) is 0 Å². The van der Waals surface area contributed by atoms with Crippen molar-refractivity contribution in [2.75, 3.05) is 16.8 Å². The van der Waals surface area contributed by atoms with Crippen LogP contribution in [0.5, 0.6) is 5.75 Å². The lowest BCUT2D eigenvalue weighted by atomic mass is 10.0. The molecule has 184 valence electrons. The van der Waals surface area contributed by atoms with Crippen LogP contribution in [0.15, 0.2) is 77.7 Å². The fraction of sp³-hybridized carbons (Fsp3) is 0.0417. The van der Waals surface area contributed by atoms with Gasteiger partial charge in [0.25, 0.3) is 5.91 Å². The van der Waals surface area contributed by atoms with E-state index in [0.717, 1.165) is 17.7 Å². The van der Waals surface area contributed by atoms with Crippen molar-refractivity contribution >= 4 is 45.2 Å². The molecule has 1 heterocycles. The van der Waals surface area contributed by atoms with Crippen LogP contribution in [0, 0.1) is 0 Å². The van der Waals surface area contributed by atoms with Crippen molar-refractivity contribution < 1.29 is 21.8 Å².